The van der Waals surface area contributed by atoms with Crippen molar-refractivity contribution in [2.75, 3.05) is 6.61 Å². The number of rotatable bonds is 4. The first-order valence-corrected chi connectivity index (χ1v) is 9.13. The summed E-state index contributed by atoms with van der Waals surface area (Å²) in [6.45, 7) is -0.433. The van der Waals surface area contributed by atoms with Gasteiger partial charge in [-0.15, -0.1) is 0 Å². The Morgan fingerprint density at radius 2 is 1.54 bits per heavy atom. The molecule has 6 heteroatoms. The van der Waals surface area contributed by atoms with Gasteiger partial charge in [-0.3, -0.25) is 4.79 Å². The summed E-state index contributed by atoms with van der Waals surface area (Å²) in [5.41, 5.74) is -2.00. The summed E-state index contributed by atoms with van der Waals surface area (Å²) in [7, 11) is 0. The van der Waals surface area contributed by atoms with Gasteiger partial charge in [0.05, 0.1) is 11.1 Å². The Morgan fingerprint density at radius 3 is 2.08 bits per heavy atom. The summed E-state index contributed by atoms with van der Waals surface area (Å²) < 4.78 is 44.1. The van der Waals surface area contributed by atoms with Crippen molar-refractivity contribution >= 4 is 11.8 Å². The molecule has 4 bridgehead atoms. The van der Waals surface area contributed by atoms with Crippen LogP contribution in [0.2, 0.25) is 0 Å². The predicted molar refractivity (Wildman–Crippen MR) is 87.3 cm³/mol. The second-order valence-corrected chi connectivity index (χ2v) is 8.24. The van der Waals surface area contributed by atoms with E-state index in [0.717, 1.165) is 31.4 Å². The van der Waals surface area contributed by atoms with Crippen molar-refractivity contribution in [1.29, 1.82) is 0 Å². The molecule has 0 aliphatic heterocycles. The van der Waals surface area contributed by atoms with Crippen LogP contribution < -0.4 is 0 Å². The Bertz CT molecular complexity index is 703. The van der Waals surface area contributed by atoms with Gasteiger partial charge in [-0.1, -0.05) is 12.1 Å². The van der Waals surface area contributed by atoms with E-state index in [-0.39, 0.29) is 5.78 Å². The summed E-state index contributed by atoms with van der Waals surface area (Å²) in [6, 6.07) is 4.50. The van der Waals surface area contributed by atoms with Crippen LogP contribution in [0, 0.1) is 23.2 Å². The first-order chi connectivity index (χ1) is 12.3. The van der Waals surface area contributed by atoms with Crippen molar-refractivity contribution in [3.63, 3.8) is 0 Å². The van der Waals surface area contributed by atoms with Gasteiger partial charge in [-0.05, 0) is 68.4 Å². The van der Waals surface area contributed by atoms with Crippen LogP contribution in [-0.2, 0) is 15.7 Å². The molecule has 0 radical (unpaired) electrons. The lowest BCUT2D eigenvalue weighted by Gasteiger charge is -2.55. The van der Waals surface area contributed by atoms with Crippen molar-refractivity contribution in [2.24, 2.45) is 23.2 Å². The number of carbonyl (C=O) groups is 2. The van der Waals surface area contributed by atoms with Crippen molar-refractivity contribution in [3.8, 4) is 0 Å². The number of ketones is 1. The molecule has 4 fully saturated rings. The van der Waals surface area contributed by atoms with Crippen LogP contribution in [-0.4, -0.2) is 18.4 Å². The molecule has 3 nitrogen and oxygen atoms in total. The molecule has 1 aromatic carbocycles. The summed E-state index contributed by atoms with van der Waals surface area (Å²) >= 11 is 0. The van der Waals surface area contributed by atoms with Crippen LogP contribution >= 0.6 is 0 Å². The molecule has 4 aliphatic rings. The van der Waals surface area contributed by atoms with Gasteiger partial charge in [-0.2, -0.15) is 13.2 Å². The zero-order valence-electron chi connectivity index (χ0n) is 14.3. The minimum atomic E-state index is -4.64. The molecule has 0 saturated heterocycles. The van der Waals surface area contributed by atoms with Gasteiger partial charge in [0.15, 0.2) is 12.4 Å². The smallest absolute Gasteiger partial charge is 0.417 e. The number of carbonyl (C=O) groups excluding carboxylic acids is 2. The Balaban J connectivity index is 1.45. The highest BCUT2D eigenvalue weighted by Gasteiger charge is 2.54. The largest absolute Gasteiger partial charge is 0.454 e. The van der Waals surface area contributed by atoms with E-state index < -0.39 is 35.3 Å². The Labute approximate surface area is 149 Å². The van der Waals surface area contributed by atoms with Crippen LogP contribution in [0.1, 0.15) is 54.4 Å². The lowest BCUT2D eigenvalue weighted by molar-refractivity contribution is -0.147. The monoisotopic (exact) mass is 366 g/mol. The first-order valence-electron chi connectivity index (χ1n) is 9.13. The maximum absolute atomic E-state index is 13.0. The molecule has 4 saturated carbocycles. The molecule has 140 valence electrons. The number of halogens is 3. The van der Waals surface area contributed by atoms with Gasteiger partial charge in [0.25, 0.3) is 0 Å². The van der Waals surface area contributed by atoms with Gasteiger partial charge >= 0.3 is 12.1 Å². The van der Waals surface area contributed by atoms with Gasteiger partial charge in [0.2, 0.25) is 0 Å². The number of hydrogen-bond donors (Lipinski definition) is 0. The number of ether oxygens (including phenoxy) is 1. The third kappa shape index (κ3) is 3.03. The molecule has 0 atom stereocenters. The van der Waals surface area contributed by atoms with Crippen LogP contribution in [0.25, 0.3) is 0 Å². The Morgan fingerprint density at radius 1 is 1.00 bits per heavy atom. The van der Waals surface area contributed by atoms with Crippen LogP contribution in [0.3, 0.4) is 0 Å². The van der Waals surface area contributed by atoms with Gasteiger partial charge < -0.3 is 4.74 Å². The molecule has 0 unspecified atom stereocenters. The summed E-state index contributed by atoms with van der Waals surface area (Å²) in [4.78, 5) is 25.0. The number of benzene rings is 1. The van der Waals surface area contributed by atoms with Gasteiger partial charge in [-0.25, -0.2) is 4.79 Å². The maximum atomic E-state index is 13.0. The van der Waals surface area contributed by atoms with Gasteiger partial charge in [0, 0.05) is 5.41 Å². The molecule has 26 heavy (non-hydrogen) atoms. The van der Waals surface area contributed by atoms with Crippen LogP contribution in [0.4, 0.5) is 13.2 Å². The van der Waals surface area contributed by atoms with Crippen molar-refractivity contribution < 1.29 is 27.5 Å². The van der Waals surface area contributed by atoms with Crippen molar-refractivity contribution in [3.05, 3.63) is 35.4 Å². The molecule has 4 aliphatic carbocycles. The number of hydrogen-bond acceptors (Lipinski definition) is 3. The quantitative estimate of drug-likeness (QED) is 0.729. The predicted octanol–water partition coefficient (Wildman–Crippen LogP) is 4.65. The average Bonchev–Trinajstić information content (AvgIpc) is 2.57. The average molecular weight is 366 g/mol. The van der Waals surface area contributed by atoms with E-state index in [2.05, 4.69) is 0 Å². The third-order valence-corrected chi connectivity index (χ3v) is 6.42. The van der Waals surface area contributed by atoms with Crippen LogP contribution in [0.5, 0.6) is 0 Å². The van der Waals surface area contributed by atoms with Crippen molar-refractivity contribution in [1.82, 2.24) is 0 Å². The van der Waals surface area contributed by atoms with E-state index in [0.29, 0.717) is 17.8 Å². The van der Waals surface area contributed by atoms with Crippen LogP contribution in [0.15, 0.2) is 24.3 Å². The summed E-state index contributed by atoms with van der Waals surface area (Å²) in [5.74, 6) is 0.524. The number of alkyl halides is 3. The molecule has 0 amide bonds. The summed E-state index contributed by atoms with van der Waals surface area (Å²) in [6.07, 6.45) is 1.44. The van der Waals surface area contributed by atoms with E-state index in [4.69, 9.17) is 4.74 Å². The molecule has 0 N–H and O–H groups in total. The molecule has 0 heterocycles. The number of Topliss-reactive ketones (excluding diaryl/α,β-unsaturated/α-hetero) is 1. The van der Waals surface area contributed by atoms with Gasteiger partial charge in [0.1, 0.15) is 0 Å². The minimum absolute atomic E-state index is 0.116. The standard InChI is InChI=1S/C20H21F3O3/c21-20(22,23)16-4-2-1-3-15(16)18(25)26-11-17(24)19-8-12-5-13(9-19)7-14(6-12)10-19/h1-4,12-14H,5-11H2. The Hall–Kier alpha value is -1.85. The molecule has 5 rings (SSSR count). The molecular weight excluding hydrogens is 345 g/mol. The second-order valence-electron chi connectivity index (χ2n) is 8.24. The second kappa shape index (κ2) is 6.10. The lowest BCUT2D eigenvalue weighted by Crippen LogP contribution is -2.51. The maximum Gasteiger partial charge on any atom is 0.417 e. The highest BCUT2D eigenvalue weighted by molar-refractivity contribution is 5.94. The molecular formula is C20H21F3O3. The van der Waals surface area contributed by atoms with E-state index in [1.165, 1.54) is 31.4 Å². The molecule has 1 aromatic rings. The highest BCUT2D eigenvalue weighted by Crippen LogP contribution is 2.60. The summed E-state index contributed by atoms with van der Waals surface area (Å²) in [5, 5.41) is 0. The highest BCUT2D eigenvalue weighted by atomic mass is 19.4. The normalized spacial score (nSPS) is 32.5. The van der Waals surface area contributed by atoms with E-state index in [1.807, 2.05) is 0 Å². The molecule has 0 spiro atoms. The lowest BCUT2D eigenvalue weighted by atomic mass is 9.48. The fourth-order valence-electron chi connectivity index (χ4n) is 5.72. The fraction of sp³-hybridized carbons (Fsp3) is 0.600. The number of esters is 1. The Kier molecular flexibility index (Phi) is 4.12. The topological polar surface area (TPSA) is 43.4 Å². The third-order valence-electron chi connectivity index (χ3n) is 6.42. The van der Waals surface area contributed by atoms with Crippen molar-refractivity contribution in [2.45, 2.75) is 44.7 Å². The fourth-order valence-corrected chi connectivity index (χ4v) is 5.72. The first kappa shape index (κ1) is 17.6. The SMILES string of the molecule is O=C(OCC(=O)C12CC3CC(CC(C3)C1)C2)c1ccccc1C(F)(F)F. The van der Waals surface area contributed by atoms with E-state index >= 15 is 0 Å². The molecule has 0 aromatic heterocycles. The van der Waals surface area contributed by atoms with E-state index in [1.54, 1.807) is 0 Å². The van der Waals surface area contributed by atoms with E-state index in [9.17, 15) is 22.8 Å². The minimum Gasteiger partial charge on any atom is -0.454 e. The zero-order chi connectivity index (χ0) is 18.5. The zero-order valence-corrected chi connectivity index (χ0v) is 14.3.